The molecule has 20 heavy (non-hydrogen) atoms. The Labute approximate surface area is 125 Å². The number of rotatable bonds is 6. The molecule has 0 aromatic rings. The molecule has 3 nitrogen and oxygen atoms in total. The van der Waals surface area contributed by atoms with Crippen LogP contribution in [0.25, 0.3) is 0 Å². The normalized spacial score (nSPS) is 30.6. The first kappa shape index (κ1) is 16.3. The van der Waals surface area contributed by atoms with E-state index < -0.39 is 0 Å². The van der Waals surface area contributed by atoms with E-state index in [1.807, 2.05) is 0 Å². The molecule has 2 rings (SSSR count). The molecule has 1 aliphatic carbocycles. The first-order valence-corrected chi connectivity index (χ1v) is 8.64. The summed E-state index contributed by atoms with van der Waals surface area (Å²) in [6, 6.07) is 0.806. The highest BCUT2D eigenvalue weighted by Crippen LogP contribution is 2.34. The molecule has 2 atom stereocenters. The van der Waals surface area contributed by atoms with Crippen molar-refractivity contribution in [1.82, 2.24) is 10.2 Å². The number of nitrogens with one attached hydrogen (secondary N) is 1. The Morgan fingerprint density at radius 2 is 2.00 bits per heavy atom. The van der Waals surface area contributed by atoms with Crippen molar-refractivity contribution in [3.05, 3.63) is 0 Å². The van der Waals surface area contributed by atoms with Crippen LogP contribution in [-0.4, -0.2) is 50.8 Å². The van der Waals surface area contributed by atoms with Gasteiger partial charge in [0.1, 0.15) is 0 Å². The molecule has 3 heteroatoms. The van der Waals surface area contributed by atoms with Gasteiger partial charge >= 0.3 is 0 Å². The quantitative estimate of drug-likeness (QED) is 0.811. The molecule has 1 saturated heterocycles. The maximum absolute atomic E-state index is 5.60. The van der Waals surface area contributed by atoms with Gasteiger partial charge in [0.05, 0.1) is 0 Å². The molecule has 1 N–H and O–H groups in total. The molecule has 0 aromatic carbocycles. The summed E-state index contributed by atoms with van der Waals surface area (Å²) in [5.74, 6) is 0.913. The SMILES string of the molecule is CCNCC1(CN(C)C2CCCC(C)C2)CCOCC1. The van der Waals surface area contributed by atoms with Crippen LogP contribution in [0.4, 0.5) is 0 Å². The zero-order chi connectivity index (χ0) is 14.4. The van der Waals surface area contributed by atoms with Crippen LogP contribution in [-0.2, 0) is 4.74 Å². The fourth-order valence-corrected chi connectivity index (χ4v) is 4.05. The van der Waals surface area contributed by atoms with E-state index in [0.717, 1.165) is 38.3 Å². The highest BCUT2D eigenvalue weighted by Gasteiger charge is 2.35. The van der Waals surface area contributed by atoms with Crippen LogP contribution in [0.1, 0.15) is 52.4 Å². The Morgan fingerprint density at radius 1 is 1.25 bits per heavy atom. The second-order valence-electron chi connectivity index (χ2n) is 7.23. The Bertz CT molecular complexity index is 276. The third-order valence-corrected chi connectivity index (χ3v) is 5.42. The Balaban J connectivity index is 1.91. The van der Waals surface area contributed by atoms with Crippen molar-refractivity contribution in [3.8, 4) is 0 Å². The van der Waals surface area contributed by atoms with Gasteiger partial charge < -0.3 is 15.0 Å². The van der Waals surface area contributed by atoms with Gasteiger partial charge in [-0.25, -0.2) is 0 Å². The summed E-state index contributed by atoms with van der Waals surface area (Å²) < 4.78 is 5.60. The molecule has 1 saturated carbocycles. The van der Waals surface area contributed by atoms with E-state index in [1.165, 1.54) is 45.1 Å². The van der Waals surface area contributed by atoms with Gasteiger partial charge in [-0.1, -0.05) is 26.7 Å². The zero-order valence-electron chi connectivity index (χ0n) is 13.8. The number of nitrogens with zero attached hydrogens (tertiary/aromatic N) is 1. The van der Waals surface area contributed by atoms with Crippen molar-refractivity contribution < 1.29 is 4.74 Å². The van der Waals surface area contributed by atoms with Gasteiger partial charge in [-0.15, -0.1) is 0 Å². The standard InChI is InChI=1S/C17H34N2O/c1-4-18-13-17(8-10-20-11-9-17)14-19(3)16-7-5-6-15(2)12-16/h15-16,18H,4-14H2,1-3H3. The summed E-state index contributed by atoms with van der Waals surface area (Å²) >= 11 is 0. The number of hydrogen-bond donors (Lipinski definition) is 1. The minimum absolute atomic E-state index is 0.434. The van der Waals surface area contributed by atoms with Crippen molar-refractivity contribution in [2.24, 2.45) is 11.3 Å². The van der Waals surface area contributed by atoms with Gasteiger partial charge in [0.2, 0.25) is 0 Å². The highest BCUT2D eigenvalue weighted by atomic mass is 16.5. The third-order valence-electron chi connectivity index (χ3n) is 5.42. The summed E-state index contributed by atoms with van der Waals surface area (Å²) in [6.07, 6.45) is 8.07. The monoisotopic (exact) mass is 282 g/mol. The largest absolute Gasteiger partial charge is 0.381 e. The van der Waals surface area contributed by atoms with E-state index in [9.17, 15) is 0 Å². The minimum Gasteiger partial charge on any atom is -0.381 e. The van der Waals surface area contributed by atoms with Crippen molar-refractivity contribution in [3.63, 3.8) is 0 Å². The fraction of sp³-hybridized carbons (Fsp3) is 1.00. The second kappa shape index (κ2) is 7.77. The summed E-state index contributed by atoms with van der Waals surface area (Å²) in [6.45, 7) is 9.98. The lowest BCUT2D eigenvalue weighted by Crippen LogP contribution is -2.49. The van der Waals surface area contributed by atoms with E-state index in [0.29, 0.717) is 5.41 Å². The van der Waals surface area contributed by atoms with Gasteiger partial charge in [0.25, 0.3) is 0 Å². The Hall–Kier alpha value is -0.120. The van der Waals surface area contributed by atoms with Crippen molar-refractivity contribution >= 4 is 0 Å². The van der Waals surface area contributed by atoms with Crippen LogP contribution >= 0.6 is 0 Å². The number of ether oxygens (including phenoxy) is 1. The highest BCUT2D eigenvalue weighted by molar-refractivity contribution is 4.89. The average molecular weight is 282 g/mol. The van der Waals surface area contributed by atoms with Gasteiger partial charge in [0, 0.05) is 32.3 Å². The lowest BCUT2D eigenvalue weighted by atomic mass is 9.78. The second-order valence-corrected chi connectivity index (χ2v) is 7.23. The molecular formula is C17H34N2O. The lowest BCUT2D eigenvalue weighted by Gasteiger charge is -2.44. The topological polar surface area (TPSA) is 24.5 Å². The van der Waals surface area contributed by atoms with Crippen LogP contribution in [0.3, 0.4) is 0 Å². The van der Waals surface area contributed by atoms with E-state index >= 15 is 0 Å². The van der Waals surface area contributed by atoms with Gasteiger partial charge in [-0.2, -0.15) is 0 Å². The smallest absolute Gasteiger partial charge is 0.0472 e. The van der Waals surface area contributed by atoms with E-state index in [4.69, 9.17) is 4.74 Å². The number of hydrogen-bond acceptors (Lipinski definition) is 3. The van der Waals surface area contributed by atoms with Crippen LogP contribution in [0, 0.1) is 11.3 Å². The Morgan fingerprint density at radius 3 is 2.65 bits per heavy atom. The molecule has 0 amide bonds. The van der Waals surface area contributed by atoms with E-state index in [2.05, 4.69) is 31.1 Å². The van der Waals surface area contributed by atoms with Crippen LogP contribution in [0.5, 0.6) is 0 Å². The maximum atomic E-state index is 5.60. The summed E-state index contributed by atoms with van der Waals surface area (Å²) in [5, 5.41) is 3.59. The first-order valence-electron chi connectivity index (χ1n) is 8.64. The van der Waals surface area contributed by atoms with Gasteiger partial charge in [-0.3, -0.25) is 0 Å². The fourth-order valence-electron chi connectivity index (χ4n) is 4.05. The summed E-state index contributed by atoms with van der Waals surface area (Å²) in [5.41, 5.74) is 0.434. The van der Waals surface area contributed by atoms with Crippen LogP contribution in [0.15, 0.2) is 0 Å². The molecular weight excluding hydrogens is 248 g/mol. The third kappa shape index (κ3) is 4.44. The van der Waals surface area contributed by atoms with Gasteiger partial charge in [0.15, 0.2) is 0 Å². The Kier molecular flexibility index (Phi) is 6.31. The van der Waals surface area contributed by atoms with E-state index in [-0.39, 0.29) is 0 Å². The van der Waals surface area contributed by atoms with Gasteiger partial charge in [-0.05, 0) is 50.6 Å². The molecule has 0 radical (unpaired) electrons. The average Bonchev–Trinajstić information content (AvgIpc) is 2.46. The summed E-state index contributed by atoms with van der Waals surface area (Å²) in [4.78, 5) is 2.66. The molecule has 118 valence electrons. The lowest BCUT2D eigenvalue weighted by molar-refractivity contribution is -0.0106. The predicted octanol–water partition coefficient (Wildman–Crippen LogP) is 2.90. The van der Waals surface area contributed by atoms with Crippen molar-refractivity contribution in [2.45, 2.75) is 58.4 Å². The molecule has 0 bridgehead atoms. The van der Waals surface area contributed by atoms with Crippen molar-refractivity contribution in [2.75, 3.05) is 39.9 Å². The zero-order valence-corrected chi connectivity index (χ0v) is 13.8. The predicted molar refractivity (Wildman–Crippen MR) is 85.1 cm³/mol. The molecule has 1 heterocycles. The molecule has 2 unspecified atom stereocenters. The molecule has 0 spiro atoms. The minimum atomic E-state index is 0.434. The molecule has 2 aliphatic rings. The molecule has 2 fully saturated rings. The summed E-state index contributed by atoms with van der Waals surface area (Å²) in [7, 11) is 2.35. The van der Waals surface area contributed by atoms with Crippen molar-refractivity contribution in [1.29, 1.82) is 0 Å². The first-order chi connectivity index (χ1) is 9.65. The van der Waals surface area contributed by atoms with Crippen LogP contribution < -0.4 is 5.32 Å². The van der Waals surface area contributed by atoms with E-state index in [1.54, 1.807) is 0 Å². The molecule has 0 aromatic heterocycles. The molecule has 1 aliphatic heterocycles. The maximum Gasteiger partial charge on any atom is 0.0472 e. The van der Waals surface area contributed by atoms with Crippen LogP contribution in [0.2, 0.25) is 0 Å².